The van der Waals surface area contributed by atoms with Crippen molar-refractivity contribution in [2.24, 2.45) is 0 Å². The van der Waals surface area contributed by atoms with E-state index in [4.69, 9.17) is 0 Å². The van der Waals surface area contributed by atoms with Crippen LogP contribution in [0.2, 0.25) is 0 Å². The average Bonchev–Trinajstić information content (AvgIpc) is 2.26. The molecule has 1 N–H and O–H groups in total. The van der Waals surface area contributed by atoms with Gasteiger partial charge in [-0.25, -0.2) is 0 Å². The molecule has 2 heteroatoms. The molecule has 0 heterocycles. The second-order valence-electron chi connectivity index (χ2n) is 3.44. The minimum atomic E-state index is 0.649. The zero-order chi connectivity index (χ0) is 10.4. The van der Waals surface area contributed by atoms with E-state index in [2.05, 4.69) is 42.8 Å². The smallest absolute Gasteiger partial charge is 0.00693 e. The lowest BCUT2D eigenvalue weighted by atomic mass is 9.97. The van der Waals surface area contributed by atoms with Gasteiger partial charge in [0.15, 0.2) is 0 Å². The maximum atomic E-state index is 3.24. The first-order valence-corrected chi connectivity index (χ1v) is 6.32. The van der Waals surface area contributed by atoms with Gasteiger partial charge in [0.2, 0.25) is 0 Å². The zero-order valence-corrected chi connectivity index (χ0v) is 10.0. The third-order valence-electron chi connectivity index (χ3n) is 2.53. The van der Waals surface area contributed by atoms with Crippen LogP contribution in [0.15, 0.2) is 29.2 Å². The van der Waals surface area contributed by atoms with E-state index in [0.29, 0.717) is 5.92 Å². The monoisotopic (exact) mass is 209 g/mol. The van der Waals surface area contributed by atoms with E-state index in [0.717, 1.165) is 6.54 Å². The van der Waals surface area contributed by atoms with Gasteiger partial charge in [0, 0.05) is 11.4 Å². The molecule has 1 nitrogen and oxygen atoms in total. The predicted molar refractivity (Wildman–Crippen MR) is 65.2 cm³/mol. The van der Waals surface area contributed by atoms with Gasteiger partial charge >= 0.3 is 0 Å². The molecule has 78 valence electrons. The van der Waals surface area contributed by atoms with Gasteiger partial charge in [-0.3, -0.25) is 0 Å². The van der Waals surface area contributed by atoms with Crippen molar-refractivity contribution in [1.29, 1.82) is 0 Å². The van der Waals surface area contributed by atoms with Crippen LogP contribution in [-0.2, 0) is 0 Å². The molecule has 0 amide bonds. The van der Waals surface area contributed by atoms with Crippen molar-refractivity contribution in [2.75, 3.05) is 19.8 Å². The van der Waals surface area contributed by atoms with Crippen LogP contribution < -0.4 is 5.32 Å². The van der Waals surface area contributed by atoms with Crippen LogP contribution in [0.25, 0.3) is 0 Å². The maximum absolute atomic E-state index is 3.24. The number of hydrogen-bond acceptors (Lipinski definition) is 2. The van der Waals surface area contributed by atoms with E-state index in [1.54, 1.807) is 11.8 Å². The summed E-state index contributed by atoms with van der Waals surface area (Å²) in [6, 6.07) is 8.91. The van der Waals surface area contributed by atoms with Gasteiger partial charge in [-0.05, 0) is 43.3 Å². The topological polar surface area (TPSA) is 12.0 Å². The molecule has 0 aromatic heterocycles. The number of hydrogen-bond donors (Lipinski definition) is 1. The minimum Gasteiger partial charge on any atom is -0.319 e. The second-order valence-corrected chi connectivity index (χ2v) is 4.32. The van der Waals surface area contributed by atoms with Crippen molar-refractivity contribution in [1.82, 2.24) is 5.32 Å². The van der Waals surface area contributed by atoms with Crippen molar-refractivity contribution in [3.8, 4) is 0 Å². The molecule has 1 atom stereocenters. The van der Waals surface area contributed by atoms with Crippen LogP contribution in [0, 0.1) is 0 Å². The van der Waals surface area contributed by atoms with Gasteiger partial charge in [0.1, 0.15) is 0 Å². The summed E-state index contributed by atoms with van der Waals surface area (Å²) in [6.07, 6.45) is 3.30. The van der Waals surface area contributed by atoms with E-state index in [1.807, 2.05) is 7.05 Å². The normalized spacial score (nSPS) is 12.8. The highest BCUT2D eigenvalue weighted by Gasteiger charge is 2.07. The van der Waals surface area contributed by atoms with Gasteiger partial charge < -0.3 is 5.32 Å². The van der Waals surface area contributed by atoms with Crippen LogP contribution in [0.4, 0.5) is 0 Å². The fraction of sp³-hybridized carbons (Fsp3) is 0.500. The molecule has 0 saturated heterocycles. The molecule has 0 bridgehead atoms. The molecular formula is C12H19NS. The van der Waals surface area contributed by atoms with Crippen LogP contribution in [0.5, 0.6) is 0 Å². The quantitative estimate of drug-likeness (QED) is 0.748. The summed E-state index contributed by atoms with van der Waals surface area (Å²) in [6.45, 7) is 3.31. The Balaban J connectivity index is 2.73. The summed E-state index contributed by atoms with van der Waals surface area (Å²) in [5.74, 6) is 0.649. The van der Waals surface area contributed by atoms with Gasteiger partial charge in [-0.15, -0.1) is 11.8 Å². The van der Waals surface area contributed by atoms with Crippen molar-refractivity contribution in [3.05, 3.63) is 29.8 Å². The molecule has 14 heavy (non-hydrogen) atoms. The number of benzene rings is 1. The van der Waals surface area contributed by atoms with Gasteiger partial charge in [0.05, 0.1) is 0 Å². The molecule has 0 fully saturated rings. The molecule has 0 saturated carbocycles. The SMILES string of the molecule is CCC(CNC)c1ccc(SC)cc1. The molecule has 0 aliphatic rings. The Hall–Kier alpha value is -0.470. The zero-order valence-electron chi connectivity index (χ0n) is 9.21. The lowest BCUT2D eigenvalue weighted by Crippen LogP contribution is -2.16. The Morgan fingerprint density at radius 1 is 1.29 bits per heavy atom. The van der Waals surface area contributed by atoms with Crippen LogP contribution >= 0.6 is 11.8 Å². The van der Waals surface area contributed by atoms with Gasteiger partial charge in [0.25, 0.3) is 0 Å². The highest BCUT2D eigenvalue weighted by atomic mass is 32.2. The molecule has 0 spiro atoms. The van der Waals surface area contributed by atoms with Crippen LogP contribution in [0.3, 0.4) is 0 Å². The van der Waals surface area contributed by atoms with E-state index in [-0.39, 0.29) is 0 Å². The Morgan fingerprint density at radius 2 is 1.93 bits per heavy atom. The van der Waals surface area contributed by atoms with Crippen molar-refractivity contribution in [3.63, 3.8) is 0 Å². The average molecular weight is 209 g/mol. The standard InChI is InChI=1S/C12H19NS/c1-4-10(9-13-2)11-5-7-12(14-3)8-6-11/h5-8,10,13H,4,9H2,1-3H3. The lowest BCUT2D eigenvalue weighted by Gasteiger charge is -2.14. The summed E-state index contributed by atoms with van der Waals surface area (Å²) >= 11 is 1.79. The third-order valence-corrected chi connectivity index (χ3v) is 3.27. The van der Waals surface area contributed by atoms with Gasteiger partial charge in [-0.1, -0.05) is 19.1 Å². The molecular weight excluding hydrogens is 190 g/mol. The molecule has 0 aliphatic heterocycles. The molecule has 0 aliphatic carbocycles. The maximum Gasteiger partial charge on any atom is 0.00693 e. The summed E-state index contributed by atoms with van der Waals surface area (Å²) in [5.41, 5.74) is 1.44. The first kappa shape index (κ1) is 11.6. The number of likely N-dealkylation sites (N-methyl/N-ethyl adjacent to an activating group) is 1. The number of nitrogens with one attached hydrogen (secondary N) is 1. The molecule has 1 unspecified atom stereocenters. The Morgan fingerprint density at radius 3 is 2.36 bits per heavy atom. The highest BCUT2D eigenvalue weighted by molar-refractivity contribution is 7.98. The first-order valence-electron chi connectivity index (χ1n) is 5.10. The summed E-state index contributed by atoms with van der Waals surface area (Å²) in [7, 11) is 2.01. The fourth-order valence-corrected chi connectivity index (χ4v) is 2.03. The molecule has 0 radical (unpaired) electrons. The van der Waals surface area contributed by atoms with Crippen molar-refractivity contribution < 1.29 is 0 Å². The molecule has 1 rings (SSSR count). The first-order chi connectivity index (χ1) is 6.81. The minimum absolute atomic E-state index is 0.649. The number of rotatable bonds is 5. The van der Waals surface area contributed by atoms with E-state index >= 15 is 0 Å². The third kappa shape index (κ3) is 3.03. The van der Waals surface area contributed by atoms with E-state index in [9.17, 15) is 0 Å². The van der Waals surface area contributed by atoms with E-state index in [1.165, 1.54) is 16.9 Å². The summed E-state index contributed by atoms with van der Waals surface area (Å²) < 4.78 is 0. The second kappa shape index (κ2) is 6.10. The van der Waals surface area contributed by atoms with Crippen molar-refractivity contribution >= 4 is 11.8 Å². The predicted octanol–water partition coefficient (Wildman–Crippen LogP) is 3.12. The summed E-state index contributed by atoms with van der Waals surface area (Å²) in [4.78, 5) is 1.34. The van der Waals surface area contributed by atoms with Crippen LogP contribution in [-0.4, -0.2) is 19.8 Å². The molecule has 1 aromatic rings. The van der Waals surface area contributed by atoms with E-state index < -0.39 is 0 Å². The van der Waals surface area contributed by atoms with Crippen molar-refractivity contribution in [2.45, 2.75) is 24.2 Å². The fourth-order valence-electron chi connectivity index (χ4n) is 1.62. The summed E-state index contributed by atoms with van der Waals surface area (Å²) in [5, 5.41) is 3.24. The molecule has 1 aromatic carbocycles. The Bertz CT molecular complexity index is 256. The van der Waals surface area contributed by atoms with Gasteiger partial charge in [-0.2, -0.15) is 0 Å². The largest absolute Gasteiger partial charge is 0.319 e. The lowest BCUT2D eigenvalue weighted by molar-refractivity contribution is 0.611. The Labute approximate surface area is 91.3 Å². The number of thioether (sulfide) groups is 1. The van der Waals surface area contributed by atoms with Crippen LogP contribution in [0.1, 0.15) is 24.8 Å². The Kier molecular flexibility index (Phi) is 5.05. The highest BCUT2D eigenvalue weighted by Crippen LogP contribution is 2.22.